The molecule has 0 radical (unpaired) electrons. The van der Waals surface area contributed by atoms with Gasteiger partial charge in [0.1, 0.15) is 5.69 Å². The molecule has 1 heterocycles. The van der Waals surface area contributed by atoms with E-state index in [1.54, 1.807) is 30.3 Å². The van der Waals surface area contributed by atoms with E-state index in [1.807, 2.05) is 0 Å². The van der Waals surface area contributed by atoms with Gasteiger partial charge in [0.05, 0.1) is 0 Å². The molecular weight excluding hydrogens is 280 g/mol. The zero-order valence-electron chi connectivity index (χ0n) is 8.45. The molecule has 1 aromatic heterocycles. The van der Waals surface area contributed by atoms with E-state index in [1.165, 1.54) is 6.20 Å². The average molecular weight is 287 g/mol. The first-order valence-corrected chi connectivity index (χ1v) is 5.82. The van der Waals surface area contributed by atoms with Gasteiger partial charge in [-0.25, -0.2) is 0 Å². The van der Waals surface area contributed by atoms with E-state index in [0.29, 0.717) is 10.0 Å². The molecule has 0 unspecified atom stereocenters. The van der Waals surface area contributed by atoms with Crippen molar-refractivity contribution < 1.29 is 4.79 Å². The summed E-state index contributed by atoms with van der Waals surface area (Å²) in [6.07, 6.45) is 1.50. The lowest BCUT2D eigenvalue weighted by Crippen LogP contribution is -1.93. The van der Waals surface area contributed by atoms with E-state index < -0.39 is 5.24 Å². The highest BCUT2D eigenvalue weighted by molar-refractivity contribution is 6.67. The van der Waals surface area contributed by atoms with E-state index in [9.17, 15) is 4.79 Å². The Morgan fingerprint density at radius 3 is 2.59 bits per heavy atom. The fraction of sp³-hybridized carbons (Fsp3) is 0. The van der Waals surface area contributed by atoms with Gasteiger partial charge in [0, 0.05) is 21.8 Å². The Morgan fingerprint density at radius 2 is 1.88 bits per heavy atom. The van der Waals surface area contributed by atoms with Crippen LogP contribution in [0.2, 0.25) is 10.0 Å². The molecule has 0 fully saturated rings. The van der Waals surface area contributed by atoms with Gasteiger partial charge in [-0.2, -0.15) is 0 Å². The maximum atomic E-state index is 11.0. The summed E-state index contributed by atoms with van der Waals surface area (Å²) < 4.78 is 0. The summed E-state index contributed by atoms with van der Waals surface area (Å²) >= 11 is 17.3. The molecule has 0 aliphatic heterocycles. The summed E-state index contributed by atoms with van der Waals surface area (Å²) in [5.41, 5.74) is 1.66. The molecule has 0 N–H and O–H groups in total. The SMILES string of the molecule is O=C(Cl)c1cc(-c2cc(Cl)ccc2Cl)ccn1. The third-order valence-corrected chi connectivity index (χ3v) is 2.96. The third-order valence-electron chi connectivity index (χ3n) is 2.20. The molecule has 0 aliphatic carbocycles. The molecule has 0 spiro atoms. The van der Waals surface area contributed by atoms with Crippen LogP contribution in [-0.2, 0) is 0 Å². The predicted octanol–water partition coefficient (Wildman–Crippen LogP) is 4.43. The molecule has 0 atom stereocenters. The monoisotopic (exact) mass is 285 g/mol. The molecule has 0 bridgehead atoms. The van der Waals surface area contributed by atoms with Crippen LogP contribution < -0.4 is 0 Å². The Hall–Kier alpha value is -1.09. The summed E-state index contributed by atoms with van der Waals surface area (Å²) in [5.74, 6) is 0. The number of pyridine rings is 1. The van der Waals surface area contributed by atoms with Gasteiger partial charge in [0.15, 0.2) is 0 Å². The molecule has 0 aliphatic rings. The Labute approximate surface area is 113 Å². The molecular formula is C12H6Cl3NO. The highest BCUT2D eigenvalue weighted by Gasteiger charge is 2.08. The average Bonchev–Trinajstić information content (AvgIpc) is 2.32. The molecule has 0 saturated heterocycles. The van der Waals surface area contributed by atoms with Crippen LogP contribution in [0.4, 0.5) is 0 Å². The smallest absolute Gasteiger partial charge is 0.270 e. The molecule has 2 nitrogen and oxygen atoms in total. The number of nitrogens with zero attached hydrogens (tertiary/aromatic N) is 1. The van der Waals surface area contributed by atoms with Crippen LogP contribution in [0.5, 0.6) is 0 Å². The van der Waals surface area contributed by atoms with Crippen molar-refractivity contribution in [2.45, 2.75) is 0 Å². The van der Waals surface area contributed by atoms with Gasteiger partial charge in [0.2, 0.25) is 0 Å². The van der Waals surface area contributed by atoms with Crippen LogP contribution in [0.15, 0.2) is 36.5 Å². The zero-order chi connectivity index (χ0) is 12.4. The summed E-state index contributed by atoms with van der Waals surface area (Å²) in [7, 11) is 0. The van der Waals surface area contributed by atoms with Crippen LogP contribution in [0.3, 0.4) is 0 Å². The highest BCUT2D eigenvalue weighted by atomic mass is 35.5. The second kappa shape index (κ2) is 5.05. The lowest BCUT2D eigenvalue weighted by atomic mass is 10.1. The number of carbonyl (C=O) groups is 1. The summed E-state index contributed by atoms with van der Waals surface area (Å²) in [6.45, 7) is 0. The molecule has 5 heteroatoms. The van der Waals surface area contributed by atoms with Crippen LogP contribution in [0.1, 0.15) is 10.5 Å². The van der Waals surface area contributed by atoms with Gasteiger partial charge >= 0.3 is 0 Å². The second-order valence-electron chi connectivity index (χ2n) is 3.33. The van der Waals surface area contributed by atoms with Crippen LogP contribution in [0.25, 0.3) is 11.1 Å². The van der Waals surface area contributed by atoms with Crippen molar-refractivity contribution >= 4 is 40.0 Å². The Balaban J connectivity index is 2.56. The number of benzene rings is 1. The summed E-state index contributed by atoms with van der Waals surface area (Å²) in [6, 6.07) is 8.43. The molecule has 86 valence electrons. The van der Waals surface area contributed by atoms with Crippen LogP contribution in [-0.4, -0.2) is 10.2 Å². The topological polar surface area (TPSA) is 30.0 Å². The zero-order valence-corrected chi connectivity index (χ0v) is 10.7. The van der Waals surface area contributed by atoms with E-state index in [0.717, 1.165) is 11.1 Å². The van der Waals surface area contributed by atoms with Crippen molar-refractivity contribution in [3.63, 3.8) is 0 Å². The number of rotatable bonds is 2. The minimum absolute atomic E-state index is 0.181. The number of aromatic nitrogens is 1. The number of halogens is 3. The number of hydrogen-bond donors (Lipinski definition) is 0. The standard InChI is InChI=1S/C12H6Cl3NO/c13-8-1-2-10(14)9(6-8)7-3-4-16-11(5-7)12(15)17/h1-6H. The van der Waals surface area contributed by atoms with Gasteiger partial charge in [-0.1, -0.05) is 23.2 Å². The van der Waals surface area contributed by atoms with Gasteiger partial charge in [-0.15, -0.1) is 0 Å². The Bertz CT molecular complexity index is 584. The highest BCUT2D eigenvalue weighted by Crippen LogP contribution is 2.30. The first kappa shape index (κ1) is 12.4. The molecule has 0 amide bonds. The Kier molecular flexibility index (Phi) is 3.67. The van der Waals surface area contributed by atoms with E-state index in [4.69, 9.17) is 34.8 Å². The maximum Gasteiger partial charge on any atom is 0.270 e. The lowest BCUT2D eigenvalue weighted by molar-refractivity contribution is 0.107. The van der Waals surface area contributed by atoms with Gasteiger partial charge in [-0.05, 0) is 47.5 Å². The number of carbonyl (C=O) groups excluding carboxylic acids is 1. The Morgan fingerprint density at radius 1 is 1.12 bits per heavy atom. The minimum Gasteiger partial charge on any atom is -0.274 e. The summed E-state index contributed by atoms with van der Waals surface area (Å²) in [5, 5.41) is 0.513. The van der Waals surface area contributed by atoms with E-state index in [2.05, 4.69) is 4.98 Å². The summed E-state index contributed by atoms with van der Waals surface area (Å²) in [4.78, 5) is 14.9. The van der Waals surface area contributed by atoms with Gasteiger partial charge in [0.25, 0.3) is 5.24 Å². The predicted molar refractivity (Wildman–Crippen MR) is 69.9 cm³/mol. The van der Waals surface area contributed by atoms with Crippen LogP contribution >= 0.6 is 34.8 Å². The maximum absolute atomic E-state index is 11.0. The molecule has 2 aromatic rings. The second-order valence-corrected chi connectivity index (χ2v) is 4.51. The molecule has 1 aromatic carbocycles. The van der Waals surface area contributed by atoms with Crippen molar-refractivity contribution in [3.05, 3.63) is 52.3 Å². The minimum atomic E-state index is -0.606. The van der Waals surface area contributed by atoms with Crippen molar-refractivity contribution in [2.24, 2.45) is 0 Å². The van der Waals surface area contributed by atoms with E-state index in [-0.39, 0.29) is 5.69 Å². The first-order valence-electron chi connectivity index (χ1n) is 4.69. The van der Waals surface area contributed by atoms with Crippen molar-refractivity contribution in [2.75, 3.05) is 0 Å². The van der Waals surface area contributed by atoms with Crippen molar-refractivity contribution in [1.82, 2.24) is 4.98 Å². The van der Waals surface area contributed by atoms with Gasteiger partial charge in [-0.3, -0.25) is 9.78 Å². The fourth-order valence-electron chi connectivity index (χ4n) is 1.42. The van der Waals surface area contributed by atoms with Crippen molar-refractivity contribution in [1.29, 1.82) is 0 Å². The molecule has 17 heavy (non-hydrogen) atoms. The number of hydrogen-bond acceptors (Lipinski definition) is 2. The fourth-order valence-corrected chi connectivity index (χ4v) is 1.93. The normalized spacial score (nSPS) is 10.3. The quantitative estimate of drug-likeness (QED) is 0.764. The largest absolute Gasteiger partial charge is 0.274 e. The van der Waals surface area contributed by atoms with Gasteiger partial charge < -0.3 is 0 Å². The molecule has 0 saturated carbocycles. The lowest BCUT2D eigenvalue weighted by Gasteiger charge is -2.05. The van der Waals surface area contributed by atoms with Crippen LogP contribution in [0, 0.1) is 0 Å². The third kappa shape index (κ3) is 2.78. The van der Waals surface area contributed by atoms with E-state index >= 15 is 0 Å². The molecule has 2 rings (SSSR count). The van der Waals surface area contributed by atoms with Crippen molar-refractivity contribution in [3.8, 4) is 11.1 Å². The first-order chi connectivity index (χ1) is 8.08.